The molecule has 7 heteroatoms. The second-order valence-corrected chi connectivity index (χ2v) is 11.6. The number of hydrogen-bond donors (Lipinski definition) is 0. The highest BCUT2D eigenvalue weighted by Gasteiger charge is 2.27. The maximum atomic E-state index is 11.9. The molecular formula is C28H33N3O3S. The number of benzene rings is 2. The molecule has 0 saturated carbocycles. The van der Waals surface area contributed by atoms with Crippen LogP contribution in [0.25, 0.3) is 0 Å². The summed E-state index contributed by atoms with van der Waals surface area (Å²) in [4.78, 5) is 16.2. The van der Waals surface area contributed by atoms with E-state index in [0.29, 0.717) is 25.4 Å². The number of aromatic nitrogens is 1. The summed E-state index contributed by atoms with van der Waals surface area (Å²) in [7, 11) is -3.13. The highest BCUT2D eigenvalue weighted by Crippen LogP contribution is 2.38. The fraction of sp³-hybridized carbons (Fsp3) is 0.393. The molecule has 6 nitrogen and oxygen atoms in total. The highest BCUT2D eigenvalue weighted by atomic mass is 32.2. The Morgan fingerprint density at radius 1 is 1.00 bits per heavy atom. The summed E-state index contributed by atoms with van der Waals surface area (Å²) in [5.74, 6) is 0.372. The SMILES string of the molecule is Cc1cc(C(C[C@H](c2ccc(C3CCN(S(C)(=O)=O)CC3)cc2)c2ccccc2C)N=O)ccn1. The fourth-order valence-corrected chi connectivity index (χ4v) is 6.05. The molecule has 1 saturated heterocycles. The van der Waals surface area contributed by atoms with Gasteiger partial charge in [-0.05, 0) is 79.0 Å². The molecule has 2 atom stereocenters. The number of aryl methyl sites for hydroxylation is 2. The monoisotopic (exact) mass is 491 g/mol. The Morgan fingerprint density at radius 2 is 1.69 bits per heavy atom. The van der Waals surface area contributed by atoms with Crippen molar-refractivity contribution in [1.82, 2.24) is 9.29 Å². The normalized spacial score (nSPS) is 17.1. The number of piperidine rings is 1. The lowest BCUT2D eigenvalue weighted by atomic mass is 9.81. The smallest absolute Gasteiger partial charge is 0.211 e. The van der Waals surface area contributed by atoms with Crippen LogP contribution in [0.5, 0.6) is 0 Å². The average Bonchev–Trinajstić information content (AvgIpc) is 2.85. The van der Waals surface area contributed by atoms with Crippen molar-refractivity contribution < 1.29 is 8.42 Å². The Labute approximate surface area is 208 Å². The second-order valence-electron chi connectivity index (χ2n) is 9.60. The van der Waals surface area contributed by atoms with Crippen molar-refractivity contribution in [1.29, 1.82) is 0 Å². The van der Waals surface area contributed by atoms with Crippen LogP contribution in [0.3, 0.4) is 0 Å². The van der Waals surface area contributed by atoms with Gasteiger partial charge in [-0.25, -0.2) is 12.7 Å². The van der Waals surface area contributed by atoms with E-state index in [1.165, 1.54) is 22.9 Å². The first-order valence-electron chi connectivity index (χ1n) is 12.1. The molecule has 0 bridgehead atoms. The Bertz CT molecular complexity index is 1270. The summed E-state index contributed by atoms with van der Waals surface area (Å²) >= 11 is 0. The fourth-order valence-electron chi connectivity index (χ4n) is 5.18. The minimum absolute atomic E-state index is 0.0218. The number of sulfonamides is 1. The van der Waals surface area contributed by atoms with Crippen molar-refractivity contribution in [2.24, 2.45) is 5.18 Å². The molecule has 1 fully saturated rings. The first-order valence-corrected chi connectivity index (χ1v) is 14.0. The molecular weight excluding hydrogens is 458 g/mol. The third-order valence-electron chi connectivity index (χ3n) is 7.19. The largest absolute Gasteiger partial charge is 0.262 e. The molecule has 2 aromatic carbocycles. The number of nitroso groups, excluding NO2 is 1. The van der Waals surface area contributed by atoms with Crippen molar-refractivity contribution in [3.8, 4) is 0 Å². The van der Waals surface area contributed by atoms with E-state index in [1.54, 1.807) is 10.5 Å². The summed E-state index contributed by atoms with van der Waals surface area (Å²) in [6, 6.07) is 20.3. The van der Waals surface area contributed by atoms with Crippen LogP contribution in [0.1, 0.15) is 70.7 Å². The minimum atomic E-state index is -3.13. The van der Waals surface area contributed by atoms with Crippen LogP contribution in [-0.2, 0) is 10.0 Å². The molecule has 0 N–H and O–H groups in total. The Morgan fingerprint density at radius 3 is 2.29 bits per heavy atom. The van der Waals surface area contributed by atoms with Crippen LogP contribution in [0.4, 0.5) is 0 Å². The van der Waals surface area contributed by atoms with Crippen molar-refractivity contribution in [2.75, 3.05) is 19.3 Å². The van der Waals surface area contributed by atoms with E-state index < -0.39 is 16.1 Å². The van der Waals surface area contributed by atoms with Gasteiger partial charge in [-0.15, -0.1) is 0 Å². The van der Waals surface area contributed by atoms with Gasteiger partial charge >= 0.3 is 0 Å². The maximum absolute atomic E-state index is 11.9. The lowest BCUT2D eigenvalue weighted by Gasteiger charge is -2.30. The molecule has 1 unspecified atom stereocenters. The van der Waals surface area contributed by atoms with Crippen LogP contribution in [0.15, 0.2) is 72.0 Å². The van der Waals surface area contributed by atoms with Crippen molar-refractivity contribution in [3.05, 3.63) is 105 Å². The van der Waals surface area contributed by atoms with Crippen LogP contribution in [0, 0.1) is 18.8 Å². The zero-order valence-corrected chi connectivity index (χ0v) is 21.4. The third kappa shape index (κ3) is 6.03. The first-order chi connectivity index (χ1) is 16.8. The standard InChI is InChI=1S/C28H33N3O3S/c1-20-6-4-5-7-26(20)27(19-28(30-32)25-12-15-29-21(2)18-25)24-10-8-22(9-11-24)23-13-16-31(17-14-23)35(3,33)34/h4-12,15,18,23,27-28H,13-14,16-17,19H2,1-3H3/t27-,28?/m1/s1. The lowest BCUT2D eigenvalue weighted by Crippen LogP contribution is -2.37. The molecule has 1 aliphatic heterocycles. The molecule has 1 aromatic heterocycles. The van der Waals surface area contributed by atoms with Crippen LogP contribution in [-0.4, -0.2) is 37.1 Å². The number of hydrogen-bond acceptors (Lipinski definition) is 5. The minimum Gasteiger partial charge on any atom is -0.262 e. The molecule has 0 amide bonds. The van der Waals surface area contributed by atoms with Gasteiger partial charge in [-0.1, -0.05) is 53.7 Å². The Balaban J connectivity index is 1.59. The predicted molar refractivity (Wildman–Crippen MR) is 140 cm³/mol. The molecule has 35 heavy (non-hydrogen) atoms. The summed E-state index contributed by atoms with van der Waals surface area (Å²) in [6.45, 7) is 5.15. The van der Waals surface area contributed by atoms with Gasteiger partial charge in [-0.3, -0.25) is 4.98 Å². The Hall–Kier alpha value is -2.90. The number of nitrogens with zero attached hydrogens (tertiary/aromatic N) is 3. The molecule has 0 aliphatic carbocycles. The van der Waals surface area contributed by atoms with Crippen molar-refractivity contribution >= 4 is 10.0 Å². The molecule has 2 heterocycles. The molecule has 0 spiro atoms. The number of rotatable bonds is 8. The topological polar surface area (TPSA) is 79.7 Å². The summed E-state index contributed by atoms with van der Waals surface area (Å²) < 4.78 is 25.2. The van der Waals surface area contributed by atoms with Gasteiger partial charge in [-0.2, -0.15) is 4.91 Å². The van der Waals surface area contributed by atoms with E-state index >= 15 is 0 Å². The highest BCUT2D eigenvalue weighted by molar-refractivity contribution is 7.88. The van der Waals surface area contributed by atoms with Crippen LogP contribution >= 0.6 is 0 Å². The van der Waals surface area contributed by atoms with E-state index in [0.717, 1.165) is 29.7 Å². The van der Waals surface area contributed by atoms with Crippen LogP contribution in [0.2, 0.25) is 0 Å². The molecule has 3 aromatic rings. The van der Waals surface area contributed by atoms with Crippen molar-refractivity contribution in [2.45, 2.75) is 51.0 Å². The maximum Gasteiger partial charge on any atom is 0.211 e. The van der Waals surface area contributed by atoms with E-state index in [2.05, 4.69) is 53.5 Å². The average molecular weight is 492 g/mol. The van der Waals surface area contributed by atoms with Gasteiger partial charge in [0, 0.05) is 30.9 Å². The summed E-state index contributed by atoms with van der Waals surface area (Å²) in [6.07, 6.45) is 5.24. The zero-order valence-electron chi connectivity index (χ0n) is 20.6. The zero-order chi connectivity index (χ0) is 25.0. The van der Waals surface area contributed by atoms with E-state index in [1.807, 2.05) is 31.2 Å². The van der Waals surface area contributed by atoms with Crippen LogP contribution < -0.4 is 0 Å². The molecule has 4 rings (SSSR count). The predicted octanol–water partition coefficient (Wildman–Crippen LogP) is 5.87. The lowest BCUT2D eigenvalue weighted by molar-refractivity contribution is 0.321. The Kier molecular flexibility index (Phi) is 7.77. The van der Waals surface area contributed by atoms with E-state index in [9.17, 15) is 13.3 Å². The van der Waals surface area contributed by atoms with Gasteiger partial charge in [0.05, 0.1) is 6.26 Å². The van der Waals surface area contributed by atoms with Gasteiger partial charge in [0.25, 0.3) is 0 Å². The second kappa shape index (κ2) is 10.8. The van der Waals surface area contributed by atoms with Gasteiger partial charge in [0.1, 0.15) is 6.04 Å². The van der Waals surface area contributed by atoms with E-state index in [4.69, 9.17) is 0 Å². The van der Waals surface area contributed by atoms with Gasteiger partial charge in [0.15, 0.2) is 0 Å². The van der Waals surface area contributed by atoms with Crippen molar-refractivity contribution in [3.63, 3.8) is 0 Å². The van der Waals surface area contributed by atoms with Gasteiger partial charge < -0.3 is 0 Å². The third-order valence-corrected chi connectivity index (χ3v) is 8.49. The summed E-state index contributed by atoms with van der Waals surface area (Å²) in [5.41, 5.74) is 6.53. The van der Waals surface area contributed by atoms with E-state index in [-0.39, 0.29) is 5.92 Å². The quantitative estimate of drug-likeness (QED) is 0.369. The molecule has 1 aliphatic rings. The molecule has 0 radical (unpaired) electrons. The number of pyridine rings is 1. The molecule has 184 valence electrons. The van der Waals surface area contributed by atoms with Gasteiger partial charge in [0.2, 0.25) is 10.0 Å². The first kappa shape index (κ1) is 25.2. The summed E-state index contributed by atoms with van der Waals surface area (Å²) in [5, 5.41) is 3.51.